The second kappa shape index (κ2) is 12.0. The van der Waals surface area contributed by atoms with E-state index in [4.69, 9.17) is 0 Å². The Morgan fingerprint density at radius 1 is 0.406 bits per heavy atom. The molecule has 0 aromatic heterocycles. The van der Waals surface area contributed by atoms with Gasteiger partial charge in [0.15, 0.2) is 0 Å². The van der Waals surface area contributed by atoms with E-state index in [1.54, 1.807) is 0 Å². The number of hydrogen-bond acceptors (Lipinski definition) is 2. The van der Waals surface area contributed by atoms with E-state index in [0.29, 0.717) is 0 Å². The third-order valence-electron chi connectivity index (χ3n) is 5.68. The summed E-state index contributed by atoms with van der Waals surface area (Å²) in [7, 11) is 0. The van der Waals surface area contributed by atoms with Gasteiger partial charge in [-0.2, -0.15) is 0 Å². The molecule has 0 aliphatic heterocycles. The zero-order valence-corrected chi connectivity index (χ0v) is 18.6. The highest BCUT2D eigenvalue weighted by atomic mass is 14.9. The molecular formula is C30H32N2. The monoisotopic (exact) mass is 420 g/mol. The Kier molecular flexibility index (Phi) is 8.25. The van der Waals surface area contributed by atoms with Gasteiger partial charge in [-0.05, 0) is 71.4 Å². The van der Waals surface area contributed by atoms with Gasteiger partial charge in [0.1, 0.15) is 0 Å². The third-order valence-corrected chi connectivity index (χ3v) is 5.68. The van der Waals surface area contributed by atoms with Crippen LogP contribution in [-0.4, -0.2) is 13.1 Å². The third kappa shape index (κ3) is 6.91. The van der Waals surface area contributed by atoms with Gasteiger partial charge in [0.05, 0.1) is 0 Å². The van der Waals surface area contributed by atoms with Crippen LogP contribution in [0.5, 0.6) is 0 Å². The van der Waals surface area contributed by atoms with Crippen LogP contribution in [0.1, 0.15) is 22.3 Å². The van der Waals surface area contributed by atoms with E-state index in [1.807, 2.05) is 0 Å². The zero-order valence-electron chi connectivity index (χ0n) is 18.6. The van der Waals surface area contributed by atoms with Crippen molar-refractivity contribution < 1.29 is 0 Å². The van der Waals surface area contributed by atoms with E-state index in [0.717, 1.165) is 39.0 Å². The normalized spacial score (nSPS) is 10.9. The van der Waals surface area contributed by atoms with Crippen molar-refractivity contribution in [1.29, 1.82) is 0 Å². The van der Waals surface area contributed by atoms with Crippen molar-refractivity contribution in [3.8, 4) is 11.1 Å². The maximum absolute atomic E-state index is 3.62. The molecule has 0 fully saturated rings. The van der Waals surface area contributed by atoms with E-state index in [2.05, 4.69) is 120 Å². The molecule has 0 aliphatic carbocycles. The largest absolute Gasteiger partial charge is 0.312 e. The van der Waals surface area contributed by atoms with Crippen LogP contribution in [0.2, 0.25) is 0 Å². The topological polar surface area (TPSA) is 24.1 Å². The van der Waals surface area contributed by atoms with Gasteiger partial charge in [-0.3, -0.25) is 0 Å². The van der Waals surface area contributed by atoms with Crippen molar-refractivity contribution in [2.45, 2.75) is 25.9 Å². The molecule has 162 valence electrons. The molecule has 0 unspecified atom stereocenters. The van der Waals surface area contributed by atoms with Crippen molar-refractivity contribution in [3.63, 3.8) is 0 Å². The summed E-state index contributed by atoms with van der Waals surface area (Å²) in [6.07, 6.45) is 2.10. The fourth-order valence-corrected chi connectivity index (χ4v) is 3.98. The maximum atomic E-state index is 3.62. The molecule has 2 nitrogen and oxygen atoms in total. The minimum atomic E-state index is 0.879. The Labute approximate surface area is 192 Å². The first kappa shape index (κ1) is 22.0. The summed E-state index contributed by atoms with van der Waals surface area (Å²) < 4.78 is 0. The number of benzene rings is 4. The second-order valence-corrected chi connectivity index (χ2v) is 8.23. The van der Waals surface area contributed by atoms with Gasteiger partial charge in [0.25, 0.3) is 0 Å². The summed E-state index contributed by atoms with van der Waals surface area (Å²) in [5.74, 6) is 0. The molecular weight excluding hydrogens is 388 g/mol. The van der Waals surface area contributed by atoms with Gasteiger partial charge in [-0.25, -0.2) is 0 Å². The van der Waals surface area contributed by atoms with Crippen LogP contribution >= 0.6 is 0 Å². The van der Waals surface area contributed by atoms with Gasteiger partial charge in [-0.1, -0.05) is 97.1 Å². The Balaban J connectivity index is 1.37. The van der Waals surface area contributed by atoms with Gasteiger partial charge in [0.2, 0.25) is 0 Å². The van der Waals surface area contributed by atoms with Gasteiger partial charge in [-0.15, -0.1) is 0 Å². The Bertz CT molecular complexity index is 994. The SMILES string of the molecule is c1ccc(CCNCc2cc(CNCCc3ccccc3)cc(-c3ccccc3)c2)cc1. The van der Waals surface area contributed by atoms with Crippen molar-refractivity contribution in [1.82, 2.24) is 10.6 Å². The van der Waals surface area contributed by atoms with Gasteiger partial charge >= 0.3 is 0 Å². The summed E-state index contributed by atoms with van der Waals surface area (Å²) in [4.78, 5) is 0. The second-order valence-electron chi connectivity index (χ2n) is 8.23. The average Bonchev–Trinajstić information content (AvgIpc) is 2.86. The molecule has 4 aromatic rings. The van der Waals surface area contributed by atoms with Crippen LogP contribution in [0, 0.1) is 0 Å². The number of hydrogen-bond donors (Lipinski definition) is 2. The number of nitrogens with one attached hydrogen (secondary N) is 2. The molecule has 0 saturated heterocycles. The first-order valence-corrected chi connectivity index (χ1v) is 11.5. The minimum absolute atomic E-state index is 0.879. The van der Waals surface area contributed by atoms with E-state index < -0.39 is 0 Å². The highest BCUT2D eigenvalue weighted by Gasteiger charge is 2.04. The zero-order chi connectivity index (χ0) is 21.8. The highest BCUT2D eigenvalue weighted by molar-refractivity contribution is 5.65. The summed E-state index contributed by atoms with van der Waals surface area (Å²) >= 11 is 0. The standard InChI is InChI=1S/C30H32N2/c1-4-10-25(11-5-1)16-18-31-23-27-20-28(22-30(21-27)29-14-8-3-9-15-29)24-32-19-17-26-12-6-2-7-13-26/h1-15,20-22,31-32H,16-19,23-24H2. The predicted molar refractivity (Wildman–Crippen MR) is 136 cm³/mol. The lowest BCUT2D eigenvalue weighted by Gasteiger charge is -2.12. The molecule has 0 bridgehead atoms. The summed E-state index contributed by atoms with van der Waals surface area (Å²) in [6.45, 7) is 3.71. The molecule has 2 N–H and O–H groups in total. The molecule has 0 spiro atoms. The number of rotatable bonds is 11. The van der Waals surface area contributed by atoms with Crippen molar-refractivity contribution in [3.05, 3.63) is 131 Å². The lowest BCUT2D eigenvalue weighted by atomic mass is 9.99. The minimum Gasteiger partial charge on any atom is -0.312 e. The van der Waals surface area contributed by atoms with Crippen LogP contribution in [0.3, 0.4) is 0 Å². The molecule has 4 aromatic carbocycles. The Morgan fingerprint density at radius 2 is 0.844 bits per heavy atom. The van der Waals surface area contributed by atoms with Crippen LogP contribution < -0.4 is 10.6 Å². The average molecular weight is 421 g/mol. The van der Waals surface area contributed by atoms with E-state index in [-0.39, 0.29) is 0 Å². The van der Waals surface area contributed by atoms with E-state index in [9.17, 15) is 0 Å². The smallest absolute Gasteiger partial charge is 0.0205 e. The van der Waals surface area contributed by atoms with Gasteiger partial charge in [0, 0.05) is 13.1 Å². The fraction of sp³-hybridized carbons (Fsp3) is 0.200. The van der Waals surface area contributed by atoms with Crippen LogP contribution in [-0.2, 0) is 25.9 Å². The highest BCUT2D eigenvalue weighted by Crippen LogP contribution is 2.22. The van der Waals surface area contributed by atoms with Crippen LogP contribution in [0.15, 0.2) is 109 Å². The van der Waals surface area contributed by atoms with Crippen molar-refractivity contribution in [2.24, 2.45) is 0 Å². The van der Waals surface area contributed by atoms with Crippen LogP contribution in [0.25, 0.3) is 11.1 Å². The van der Waals surface area contributed by atoms with E-state index >= 15 is 0 Å². The fourth-order valence-electron chi connectivity index (χ4n) is 3.98. The van der Waals surface area contributed by atoms with Crippen LogP contribution in [0.4, 0.5) is 0 Å². The van der Waals surface area contributed by atoms with Crippen molar-refractivity contribution in [2.75, 3.05) is 13.1 Å². The molecule has 4 rings (SSSR count). The van der Waals surface area contributed by atoms with E-state index in [1.165, 1.54) is 33.4 Å². The molecule has 0 atom stereocenters. The molecule has 0 saturated carbocycles. The molecule has 0 radical (unpaired) electrons. The maximum Gasteiger partial charge on any atom is 0.0205 e. The Hall–Kier alpha value is -3.20. The molecule has 32 heavy (non-hydrogen) atoms. The quantitative estimate of drug-likeness (QED) is 0.290. The van der Waals surface area contributed by atoms with Gasteiger partial charge < -0.3 is 10.6 Å². The first-order valence-electron chi connectivity index (χ1n) is 11.5. The lowest BCUT2D eigenvalue weighted by molar-refractivity contribution is 0.676. The Morgan fingerprint density at radius 3 is 1.31 bits per heavy atom. The summed E-state index contributed by atoms with van der Waals surface area (Å²) in [5.41, 5.74) is 7.97. The molecule has 2 heteroatoms. The summed E-state index contributed by atoms with van der Waals surface area (Å²) in [6, 6.07) is 39.0. The predicted octanol–water partition coefficient (Wildman–Crippen LogP) is 6.02. The summed E-state index contributed by atoms with van der Waals surface area (Å²) in [5, 5.41) is 7.25. The molecule has 0 amide bonds. The molecule has 0 heterocycles. The van der Waals surface area contributed by atoms with Crippen molar-refractivity contribution >= 4 is 0 Å². The molecule has 0 aliphatic rings. The lowest BCUT2D eigenvalue weighted by Crippen LogP contribution is -2.18. The first-order chi connectivity index (χ1) is 15.9.